The zero-order valence-corrected chi connectivity index (χ0v) is 9.63. The van der Waals surface area contributed by atoms with Crippen molar-refractivity contribution >= 4 is 39.0 Å². The predicted molar refractivity (Wildman–Crippen MR) is 63.9 cm³/mol. The Morgan fingerprint density at radius 1 is 1.47 bits per heavy atom. The maximum atomic E-state index is 6.10. The van der Waals surface area contributed by atoms with Gasteiger partial charge in [0, 0.05) is 13.1 Å². The fourth-order valence-corrected chi connectivity index (χ4v) is 2.93. The minimum absolute atomic E-state index is 0.258. The van der Waals surface area contributed by atoms with E-state index in [1.807, 2.05) is 0 Å². The molecule has 1 unspecified atom stereocenters. The maximum Gasteiger partial charge on any atom is 0.140 e. The van der Waals surface area contributed by atoms with Gasteiger partial charge in [0.2, 0.25) is 0 Å². The number of hydrogen-bond acceptors (Lipinski definition) is 4. The first kappa shape index (κ1) is 9.36. The molecular formula is C10H10ClN3S. The van der Waals surface area contributed by atoms with Crippen molar-refractivity contribution in [2.24, 2.45) is 0 Å². The lowest BCUT2D eigenvalue weighted by molar-refractivity contribution is 0.940. The van der Waals surface area contributed by atoms with Crippen molar-refractivity contribution in [2.75, 3.05) is 18.0 Å². The summed E-state index contributed by atoms with van der Waals surface area (Å²) in [7, 11) is 0. The van der Waals surface area contributed by atoms with Crippen LogP contribution in [0.2, 0.25) is 0 Å². The summed E-state index contributed by atoms with van der Waals surface area (Å²) in [5, 5.41) is 3.46. The highest BCUT2D eigenvalue weighted by Crippen LogP contribution is 2.29. The van der Waals surface area contributed by atoms with Gasteiger partial charge < -0.3 is 4.90 Å². The Hall–Kier alpha value is -0.870. The molecule has 1 saturated heterocycles. The summed E-state index contributed by atoms with van der Waals surface area (Å²) in [6.45, 7) is 1.89. The van der Waals surface area contributed by atoms with E-state index in [1.165, 1.54) is 0 Å². The average molecular weight is 240 g/mol. The molecule has 1 aliphatic heterocycles. The Balaban J connectivity index is 2.06. The quantitative estimate of drug-likeness (QED) is 0.716. The highest BCUT2D eigenvalue weighted by molar-refractivity contribution is 7.16. The third-order valence-corrected chi connectivity index (χ3v) is 3.85. The van der Waals surface area contributed by atoms with E-state index in [1.54, 1.807) is 17.7 Å². The smallest absolute Gasteiger partial charge is 0.140 e. The molecule has 2 aromatic heterocycles. The molecule has 5 heteroatoms. The van der Waals surface area contributed by atoms with Crippen LogP contribution in [0.3, 0.4) is 0 Å². The van der Waals surface area contributed by atoms with Crippen molar-refractivity contribution < 1.29 is 0 Å². The SMILES string of the molecule is ClC1CCN(c2ncnc3sccc23)C1. The molecule has 3 heterocycles. The Labute approximate surface area is 96.7 Å². The van der Waals surface area contributed by atoms with Crippen LogP contribution in [0, 0.1) is 0 Å². The molecule has 2 aromatic rings. The van der Waals surface area contributed by atoms with Gasteiger partial charge in [0.05, 0.1) is 10.8 Å². The Bertz CT molecular complexity index is 484. The second-order valence-electron chi connectivity index (χ2n) is 3.67. The van der Waals surface area contributed by atoms with Gasteiger partial charge in [0.15, 0.2) is 0 Å². The van der Waals surface area contributed by atoms with E-state index in [0.717, 1.165) is 35.5 Å². The molecule has 15 heavy (non-hydrogen) atoms. The van der Waals surface area contributed by atoms with E-state index in [4.69, 9.17) is 11.6 Å². The van der Waals surface area contributed by atoms with Gasteiger partial charge in [-0.3, -0.25) is 0 Å². The summed E-state index contributed by atoms with van der Waals surface area (Å²) in [5.41, 5.74) is 0. The van der Waals surface area contributed by atoms with E-state index in [9.17, 15) is 0 Å². The van der Waals surface area contributed by atoms with Crippen molar-refractivity contribution in [3.8, 4) is 0 Å². The maximum absolute atomic E-state index is 6.10. The summed E-state index contributed by atoms with van der Waals surface area (Å²) in [6, 6.07) is 2.08. The van der Waals surface area contributed by atoms with Crippen LogP contribution in [0.1, 0.15) is 6.42 Å². The minimum atomic E-state index is 0.258. The lowest BCUT2D eigenvalue weighted by Gasteiger charge is -2.16. The van der Waals surface area contributed by atoms with Crippen LogP contribution >= 0.6 is 22.9 Å². The molecule has 1 fully saturated rings. The lowest BCUT2D eigenvalue weighted by Crippen LogP contribution is -2.21. The first-order chi connectivity index (χ1) is 7.34. The number of halogens is 1. The lowest BCUT2D eigenvalue weighted by atomic mass is 10.3. The summed E-state index contributed by atoms with van der Waals surface area (Å²) in [6.07, 6.45) is 2.67. The third kappa shape index (κ3) is 1.58. The van der Waals surface area contributed by atoms with Gasteiger partial charge in [0.1, 0.15) is 17.0 Å². The second kappa shape index (κ2) is 3.61. The molecule has 0 aliphatic carbocycles. The van der Waals surface area contributed by atoms with Crippen LogP contribution in [0.15, 0.2) is 17.8 Å². The van der Waals surface area contributed by atoms with Crippen LogP contribution in [-0.4, -0.2) is 28.4 Å². The summed E-state index contributed by atoms with van der Waals surface area (Å²) < 4.78 is 0. The Morgan fingerprint density at radius 3 is 3.20 bits per heavy atom. The molecule has 0 spiro atoms. The number of rotatable bonds is 1. The van der Waals surface area contributed by atoms with E-state index in [2.05, 4.69) is 26.3 Å². The van der Waals surface area contributed by atoms with Crippen molar-refractivity contribution in [3.05, 3.63) is 17.8 Å². The summed E-state index contributed by atoms with van der Waals surface area (Å²) in [4.78, 5) is 11.9. The minimum Gasteiger partial charge on any atom is -0.354 e. The predicted octanol–water partition coefficient (Wildman–Crippen LogP) is 2.51. The van der Waals surface area contributed by atoms with Crippen molar-refractivity contribution in [1.29, 1.82) is 0 Å². The van der Waals surface area contributed by atoms with Gasteiger partial charge in [-0.15, -0.1) is 22.9 Å². The molecular weight excluding hydrogens is 230 g/mol. The van der Waals surface area contributed by atoms with Crippen LogP contribution in [0.4, 0.5) is 5.82 Å². The van der Waals surface area contributed by atoms with E-state index < -0.39 is 0 Å². The Morgan fingerprint density at radius 2 is 2.40 bits per heavy atom. The van der Waals surface area contributed by atoms with Crippen LogP contribution in [-0.2, 0) is 0 Å². The zero-order chi connectivity index (χ0) is 10.3. The summed E-state index contributed by atoms with van der Waals surface area (Å²) in [5.74, 6) is 1.03. The molecule has 1 atom stereocenters. The first-order valence-corrected chi connectivity index (χ1v) is 6.23. The molecule has 0 aromatic carbocycles. The number of alkyl halides is 1. The van der Waals surface area contributed by atoms with E-state index in [-0.39, 0.29) is 5.38 Å². The molecule has 0 bridgehead atoms. The molecule has 3 nitrogen and oxygen atoms in total. The van der Waals surface area contributed by atoms with E-state index in [0.29, 0.717) is 0 Å². The molecule has 0 amide bonds. The van der Waals surface area contributed by atoms with Crippen molar-refractivity contribution in [3.63, 3.8) is 0 Å². The second-order valence-corrected chi connectivity index (χ2v) is 5.18. The topological polar surface area (TPSA) is 29.0 Å². The first-order valence-electron chi connectivity index (χ1n) is 4.92. The number of fused-ring (bicyclic) bond motifs is 1. The number of thiophene rings is 1. The molecule has 1 aliphatic rings. The standard InChI is InChI=1S/C10H10ClN3S/c11-7-1-3-14(5-7)9-8-2-4-15-10(8)13-6-12-9/h2,4,6-7H,1,3,5H2. The normalized spacial score (nSPS) is 21.4. The van der Waals surface area contributed by atoms with Gasteiger partial charge >= 0.3 is 0 Å². The molecule has 0 radical (unpaired) electrons. The van der Waals surface area contributed by atoms with Crippen LogP contribution in [0.25, 0.3) is 10.2 Å². The third-order valence-electron chi connectivity index (χ3n) is 2.67. The van der Waals surface area contributed by atoms with Gasteiger partial charge in [-0.05, 0) is 17.9 Å². The number of aromatic nitrogens is 2. The van der Waals surface area contributed by atoms with Crippen LogP contribution in [0.5, 0.6) is 0 Å². The number of hydrogen-bond donors (Lipinski definition) is 0. The molecule has 0 saturated carbocycles. The van der Waals surface area contributed by atoms with E-state index >= 15 is 0 Å². The van der Waals surface area contributed by atoms with Gasteiger partial charge in [-0.1, -0.05) is 0 Å². The fraction of sp³-hybridized carbons (Fsp3) is 0.400. The zero-order valence-electron chi connectivity index (χ0n) is 8.06. The average Bonchev–Trinajstić information content (AvgIpc) is 2.84. The number of nitrogens with zero attached hydrogens (tertiary/aromatic N) is 3. The van der Waals surface area contributed by atoms with Crippen molar-refractivity contribution in [1.82, 2.24) is 9.97 Å². The fourth-order valence-electron chi connectivity index (χ4n) is 1.94. The van der Waals surface area contributed by atoms with Gasteiger partial charge in [0.25, 0.3) is 0 Å². The van der Waals surface area contributed by atoms with Crippen LogP contribution < -0.4 is 4.90 Å². The van der Waals surface area contributed by atoms with Crippen molar-refractivity contribution in [2.45, 2.75) is 11.8 Å². The highest BCUT2D eigenvalue weighted by atomic mass is 35.5. The van der Waals surface area contributed by atoms with Gasteiger partial charge in [-0.2, -0.15) is 0 Å². The monoisotopic (exact) mass is 239 g/mol. The molecule has 3 rings (SSSR count). The van der Waals surface area contributed by atoms with Gasteiger partial charge in [-0.25, -0.2) is 9.97 Å². The largest absolute Gasteiger partial charge is 0.354 e. The molecule has 0 N–H and O–H groups in total. The highest BCUT2D eigenvalue weighted by Gasteiger charge is 2.23. The summed E-state index contributed by atoms with van der Waals surface area (Å²) >= 11 is 7.75. The number of anilines is 1. The molecule has 78 valence electrons. The Kier molecular flexibility index (Phi) is 2.25.